The highest BCUT2D eigenvalue weighted by Crippen LogP contribution is 2.29. The van der Waals surface area contributed by atoms with Gasteiger partial charge in [0.2, 0.25) is 5.91 Å². The highest BCUT2D eigenvalue weighted by Gasteiger charge is 2.14. The normalized spacial score (nSPS) is 11.0. The van der Waals surface area contributed by atoms with Crippen molar-refractivity contribution in [1.82, 2.24) is 9.97 Å². The summed E-state index contributed by atoms with van der Waals surface area (Å²) in [6, 6.07) is 7.05. The number of hydrogen-bond acceptors (Lipinski definition) is 4. The fourth-order valence-corrected chi connectivity index (χ4v) is 3.88. The number of nitrogens with zero attached hydrogens (tertiary/aromatic N) is 2. The van der Waals surface area contributed by atoms with E-state index in [4.69, 9.17) is 34.8 Å². The zero-order valence-electron chi connectivity index (χ0n) is 11.9. The zero-order valence-corrected chi connectivity index (χ0v) is 14.9. The molecule has 3 rings (SSSR count). The maximum Gasteiger partial charge on any atom is 0.230 e. The Labute approximate surface area is 151 Å². The van der Waals surface area contributed by atoms with Crippen LogP contribution in [0.1, 0.15) is 11.3 Å². The number of halogens is 3. The molecule has 0 atom stereocenters. The van der Waals surface area contributed by atoms with Crippen molar-refractivity contribution >= 4 is 67.4 Å². The van der Waals surface area contributed by atoms with Crippen LogP contribution in [-0.4, -0.2) is 15.9 Å². The van der Waals surface area contributed by atoms with E-state index in [1.165, 1.54) is 11.3 Å². The Hall–Kier alpha value is -1.40. The topological polar surface area (TPSA) is 54.9 Å². The number of anilines is 1. The molecule has 0 saturated heterocycles. The van der Waals surface area contributed by atoms with Crippen LogP contribution in [0.4, 0.5) is 5.13 Å². The lowest BCUT2D eigenvalue weighted by Gasteiger charge is -2.07. The lowest BCUT2D eigenvalue weighted by Crippen LogP contribution is -2.15. The number of aryl methyl sites for hydroxylation is 1. The Morgan fingerprint density at radius 2 is 2.00 bits per heavy atom. The molecular formula is C15H10Cl3N3OS. The summed E-state index contributed by atoms with van der Waals surface area (Å²) in [5.41, 5.74) is 1.98. The fraction of sp³-hybridized carbons (Fsp3) is 0.133. The molecule has 8 heteroatoms. The van der Waals surface area contributed by atoms with Gasteiger partial charge in [0.15, 0.2) is 5.13 Å². The third-order valence-electron chi connectivity index (χ3n) is 3.08. The number of hydrogen-bond donors (Lipinski definition) is 1. The number of rotatable bonds is 3. The molecule has 0 saturated carbocycles. The number of fused-ring (bicyclic) bond motifs is 1. The summed E-state index contributed by atoms with van der Waals surface area (Å²) in [4.78, 5) is 20.7. The van der Waals surface area contributed by atoms with E-state index in [0.717, 1.165) is 10.2 Å². The molecular weight excluding hydrogens is 377 g/mol. The maximum atomic E-state index is 12.2. The molecule has 4 nitrogen and oxygen atoms in total. The molecule has 2 heterocycles. The first kappa shape index (κ1) is 16.5. The average molecular weight is 387 g/mol. The summed E-state index contributed by atoms with van der Waals surface area (Å²) in [5, 5.41) is 4.54. The van der Waals surface area contributed by atoms with Gasteiger partial charge in [-0.2, -0.15) is 0 Å². The van der Waals surface area contributed by atoms with Crippen LogP contribution in [0, 0.1) is 6.92 Å². The SMILES string of the molecule is Cc1cc(Cl)c(CC(=O)Nc2nc3ccc(Cl)cc3s2)c(Cl)n1. The third-order valence-corrected chi connectivity index (χ3v) is 4.90. The highest BCUT2D eigenvalue weighted by atomic mass is 35.5. The molecule has 1 amide bonds. The Balaban J connectivity index is 1.78. The Morgan fingerprint density at radius 3 is 2.74 bits per heavy atom. The standard InChI is InChI=1S/C15H10Cl3N3OS/c1-7-4-10(17)9(14(18)19-7)6-13(22)21-15-20-11-3-2-8(16)5-12(11)23-15/h2-5H,6H2,1H3,(H,20,21,22). The molecule has 0 aliphatic heterocycles. The lowest BCUT2D eigenvalue weighted by atomic mass is 10.2. The molecule has 1 aromatic carbocycles. The molecule has 2 aromatic heterocycles. The van der Waals surface area contributed by atoms with Crippen LogP contribution < -0.4 is 5.32 Å². The molecule has 0 unspecified atom stereocenters. The quantitative estimate of drug-likeness (QED) is 0.634. The van der Waals surface area contributed by atoms with Crippen LogP contribution in [0.5, 0.6) is 0 Å². The third kappa shape index (κ3) is 3.75. The van der Waals surface area contributed by atoms with E-state index in [1.807, 2.05) is 6.07 Å². The molecule has 0 fully saturated rings. The minimum absolute atomic E-state index is 0.0294. The van der Waals surface area contributed by atoms with Crippen LogP contribution in [0.2, 0.25) is 15.2 Å². The smallest absolute Gasteiger partial charge is 0.230 e. The molecule has 0 bridgehead atoms. The minimum atomic E-state index is -0.260. The second-order valence-corrected chi connectivity index (χ2v) is 7.10. The Morgan fingerprint density at radius 1 is 1.22 bits per heavy atom. The fourth-order valence-electron chi connectivity index (χ4n) is 2.06. The molecule has 0 radical (unpaired) electrons. The van der Waals surface area contributed by atoms with Gasteiger partial charge in [0.1, 0.15) is 5.15 Å². The van der Waals surface area contributed by atoms with Gasteiger partial charge in [-0.1, -0.05) is 46.1 Å². The second-order valence-electron chi connectivity index (χ2n) is 4.87. The summed E-state index contributed by atoms with van der Waals surface area (Å²) < 4.78 is 0.904. The van der Waals surface area contributed by atoms with Crippen LogP contribution in [-0.2, 0) is 11.2 Å². The second kappa shape index (κ2) is 6.61. The lowest BCUT2D eigenvalue weighted by molar-refractivity contribution is -0.115. The Kier molecular flexibility index (Phi) is 4.73. The first-order valence-corrected chi connectivity index (χ1v) is 8.55. The number of thiazole rings is 1. The van der Waals surface area contributed by atoms with Crippen LogP contribution in [0.25, 0.3) is 10.2 Å². The number of carbonyl (C=O) groups is 1. The largest absolute Gasteiger partial charge is 0.302 e. The van der Waals surface area contributed by atoms with Gasteiger partial charge in [-0.3, -0.25) is 4.79 Å². The molecule has 1 N–H and O–H groups in total. The van der Waals surface area contributed by atoms with Crippen LogP contribution in [0.3, 0.4) is 0 Å². The van der Waals surface area contributed by atoms with Crippen molar-refractivity contribution in [2.75, 3.05) is 5.32 Å². The molecule has 0 aliphatic carbocycles. The highest BCUT2D eigenvalue weighted by molar-refractivity contribution is 7.22. The number of aromatic nitrogens is 2. The van der Waals surface area contributed by atoms with E-state index in [0.29, 0.717) is 26.4 Å². The van der Waals surface area contributed by atoms with E-state index in [-0.39, 0.29) is 17.5 Å². The predicted molar refractivity (Wildman–Crippen MR) is 96.0 cm³/mol. The number of nitrogens with one attached hydrogen (secondary N) is 1. The van der Waals surface area contributed by atoms with Crippen LogP contribution in [0.15, 0.2) is 24.3 Å². The van der Waals surface area contributed by atoms with Crippen molar-refractivity contribution in [2.24, 2.45) is 0 Å². The molecule has 0 aliphatic rings. The Bertz CT molecular complexity index is 887. The van der Waals surface area contributed by atoms with Gasteiger partial charge in [0.25, 0.3) is 0 Å². The van der Waals surface area contributed by atoms with Gasteiger partial charge in [-0.15, -0.1) is 0 Å². The van der Waals surface area contributed by atoms with Crippen molar-refractivity contribution in [1.29, 1.82) is 0 Å². The van der Waals surface area contributed by atoms with E-state index in [1.54, 1.807) is 25.1 Å². The number of carbonyl (C=O) groups excluding carboxylic acids is 1. The average Bonchev–Trinajstić information content (AvgIpc) is 2.84. The first-order valence-electron chi connectivity index (χ1n) is 6.60. The van der Waals surface area contributed by atoms with Crippen molar-refractivity contribution < 1.29 is 4.79 Å². The summed E-state index contributed by atoms with van der Waals surface area (Å²) in [6.45, 7) is 1.79. The van der Waals surface area contributed by atoms with Gasteiger partial charge in [-0.25, -0.2) is 9.97 Å². The predicted octanol–water partition coefficient (Wildman–Crippen LogP) is 5.14. The molecule has 118 valence electrons. The van der Waals surface area contributed by atoms with Gasteiger partial charge < -0.3 is 5.32 Å². The first-order chi connectivity index (χ1) is 10.9. The monoisotopic (exact) mass is 385 g/mol. The summed E-state index contributed by atoms with van der Waals surface area (Å²) >= 11 is 19.5. The van der Waals surface area contributed by atoms with Crippen LogP contribution >= 0.6 is 46.1 Å². The van der Waals surface area contributed by atoms with Gasteiger partial charge in [0, 0.05) is 21.3 Å². The minimum Gasteiger partial charge on any atom is -0.302 e. The molecule has 3 aromatic rings. The van der Waals surface area contributed by atoms with E-state index in [2.05, 4.69) is 15.3 Å². The van der Waals surface area contributed by atoms with Gasteiger partial charge in [0.05, 0.1) is 16.6 Å². The number of amides is 1. The van der Waals surface area contributed by atoms with Gasteiger partial charge >= 0.3 is 0 Å². The van der Waals surface area contributed by atoms with Gasteiger partial charge in [-0.05, 0) is 31.2 Å². The summed E-state index contributed by atoms with van der Waals surface area (Å²) in [5.74, 6) is -0.260. The van der Waals surface area contributed by atoms with Crippen molar-refractivity contribution in [3.63, 3.8) is 0 Å². The van der Waals surface area contributed by atoms with E-state index < -0.39 is 0 Å². The number of pyridine rings is 1. The molecule has 0 spiro atoms. The molecule has 23 heavy (non-hydrogen) atoms. The maximum absolute atomic E-state index is 12.2. The van der Waals surface area contributed by atoms with E-state index in [9.17, 15) is 4.79 Å². The summed E-state index contributed by atoms with van der Waals surface area (Å²) in [7, 11) is 0. The van der Waals surface area contributed by atoms with Crippen molar-refractivity contribution in [3.05, 3.63) is 50.7 Å². The van der Waals surface area contributed by atoms with E-state index >= 15 is 0 Å². The van der Waals surface area contributed by atoms with Crippen molar-refractivity contribution in [3.8, 4) is 0 Å². The zero-order chi connectivity index (χ0) is 16.6. The number of benzene rings is 1. The van der Waals surface area contributed by atoms with Crippen molar-refractivity contribution in [2.45, 2.75) is 13.3 Å². The summed E-state index contributed by atoms with van der Waals surface area (Å²) in [6.07, 6.45) is 0.0294.